The van der Waals surface area contributed by atoms with Gasteiger partial charge in [-0.15, -0.1) is 0 Å². The van der Waals surface area contributed by atoms with Gasteiger partial charge in [-0.2, -0.15) is 0 Å². The third kappa shape index (κ3) is 3.41. The standard InChI is InChI=1S/C21H19BrN4O3S/c1-4-30-21-23-19(28)18-14-7-5-6-8-16(14)25(12(2)27)20(26(18)24-21)15-11-13(22)9-10-17(15)29-3/h5-11,20H,4H2,1-3H3/p+1/t20-/m1/s1. The molecule has 2 heterocycles. The highest BCUT2D eigenvalue weighted by atomic mass is 79.9. The molecule has 7 nitrogen and oxygen atoms in total. The molecule has 1 amide bonds. The maximum atomic E-state index is 13.1. The Morgan fingerprint density at radius 1 is 1.33 bits per heavy atom. The zero-order valence-electron chi connectivity index (χ0n) is 16.7. The van der Waals surface area contributed by atoms with Gasteiger partial charge in [0.05, 0.1) is 23.9 Å². The number of para-hydroxylation sites is 1. The van der Waals surface area contributed by atoms with Crippen molar-refractivity contribution < 1.29 is 14.2 Å². The molecule has 0 fully saturated rings. The number of methoxy groups -OCH3 is 1. The predicted octanol–water partition coefficient (Wildman–Crippen LogP) is 3.52. The van der Waals surface area contributed by atoms with Crippen molar-refractivity contribution in [2.45, 2.75) is 25.2 Å². The number of anilines is 1. The number of thioether (sulfide) groups is 1. The average molecular weight is 488 g/mol. The van der Waals surface area contributed by atoms with E-state index in [-0.39, 0.29) is 11.5 Å². The summed E-state index contributed by atoms with van der Waals surface area (Å²) in [6.45, 7) is 3.50. The van der Waals surface area contributed by atoms with E-state index in [2.05, 4.69) is 20.9 Å². The van der Waals surface area contributed by atoms with Gasteiger partial charge >= 0.3 is 11.3 Å². The van der Waals surface area contributed by atoms with E-state index < -0.39 is 6.17 Å². The molecule has 3 aromatic rings. The Labute approximate surface area is 186 Å². The fourth-order valence-electron chi connectivity index (χ4n) is 3.70. The summed E-state index contributed by atoms with van der Waals surface area (Å²) in [6.07, 6.45) is -0.682. The minimum Gasteiger partial charge on any atom is -0.496 e. The summed E-state index contributed by atoms with van der Waals surface area (Å²) in [6, 6.07) is 12.9. The van der Waals surface area contributed by atoms with Crippen molar-refractivity contribution in [2.75, 3.05) is 17.8 Å². The number of hydrogen-bond donors (Lipinski definition) is 1. The number of rotatable bonds is 4. The lowest BCUT2D eigenvalue weighted by Gasteiger charge is -2.31. The topological polar surface area (TPSA) is 79.2 Å². The molecule has 154 valence electrons. The Balaban J connectivity index is 2.11. The molecule has 1 aromatic heterocycles. The van der Waals surface area contributed by atoms with Crippen LogP contribution in [0.4, 0.5) is 5.69 Å². The average Bonchev–Trinajstić information content (AvgIpc) is 2.72. The van der Waals surface area contributed by atoms with Crippen molar-refractivity contribution in [2.24, 2.45) is 0 Å². The molecule has 9 heteroatoms. The SMILES string of the molecule is CCSc1n[n+]2c(c(=O)[nH]1)-c1ccccc1N(C(C)=O)[C@H]2c1cc(Br)ccc1OC. The van der Waals surface area contributed by atoms with E-state index >= 15 is 0 Å². The van der Waals surface area contributed by atoms with Gasteiger partial charge in [-0.1, -0.05) is 46.7 Å². The highest BCUT2D eigenvalue weighted by Gasteiger charge is 2.46. The van der Waals surface area contributed by atoms with Crippen molar-refractivity contribution >= 4 is 39.3 Å². The molecule has 30 heavy (non-hydrogen) atoms. The molecule has 0 bridgehead atoms. The van der Waals surface area contributed by atoms with Crippen LogP contribution in [0.3, 0.4) is 0 Å². The summed E-state index contributed by atoms with van der Waals surface area (Å²) in [5.41, 5.74) is 2.17. The molecular formula is C21H20BrN4O3S+. The van der Waals surface area contributed by atoms with Gasteiger partial charge in [0.1, 0.15) is 5.75 Å². The van der Waals surface area contributed by atoms with E-state index in [4.69, 9.17) is 9.84 Å². The van der Waals surface area contributed by atoms with Crippen molar-refractivity contribution in [3.05, 3.63) is 62.9 Å². The maximum absolute atomic E-state index is 13.1. The zero-order valence-corrected chi connectivity index (χ0v) is 19.1. The number of nitrogens with zero attached hydrogens (tertiary/aromatic N) is 3. The van der Waals surface area contributed by atoms with Crippen LogP contribution in [-0.2, 0) is 4.79 Å². The summed E-state index contributed by atoms with van der Waals surface area (Å²) in [5.74, 6) is 1.18. The molecular weight excluding hydrogens is 468 g/mol. The molecule has 0 unspecified atom stereocenters. The molecule has 1 atom stereocenters. The molecule has 1 aliphatic heterocycles. The minimum absolute atomic E-state index is 0.167. The Kier molecular flexibility index (Phi) is 5.66. The van der Waals surface area contributed by atoms with Crippen LogP contribution < -0.4 is 19.9 Å². The molecule has 0 spiro atoms. The molecule has 4 rings (SSSR count). The number of nitrogens with one attached hydrogen (secondary N) is 1. The third-order valence-electron chi connectivity index (χ3n) is 4.85. The van der Waals surface area contributed by atoms with Crippen LogP contribution in [0.25, 0.3) is 11.3 Å². The number of H-pyrrole nitrogens is 1. The van der Waals surface area contributed by atoms with Crippen molar-refractivity contribution in [1.29, 1.82) is 0 Å². The highest BCUT2D eigenvalue weighted by molar-refractivity contribution is 9.10. The first-order valence-electron chi connectivity index (χ1n) is 9.37. The Morgan fingerprint density at radius 2 is 2.10 bits per heavy atom. The fourth-order valence-corrected chi connectivity index (χ4v) is 4.67. The number of benzene rings is 2. The second-order valence-corrected chi connectivity index (χ2v) is 8.82. The van der Waals surface area contributed by atoms with Crippen LogP contribution in [0.15, 0.2) is 56.9 Å². The third-order valence-corrected chi connectivity index (χ3v) is 6.09. The lowest BCUT2D eigenvalue weighted by Crippen LogP contribution is -2.60. The van der Waals surface area contributed by atoms with Crippen LogP contribution in [-0.4, -0.2) is 28.9 Å². The molecule has 0 radical (unpaired) electrons. The minimum atomic E-state index is -0.682. The Bertz CT molecular complexity index is 1200. The first-order chi connectivity index (χ1) is 14.5. The highest BCUT2D eigenvalue weighted by Crippen LogP contribution is 2.40. The quantitative estimate of drug-likeness (QED) is 0.449. The van der Waals surface area contributed by atoms with Crippen LogP contribution in [0.1, 0.15) is 25.6 Å². The van der Waals surface area contributed by atoms with Crippen molar-refractivity contribution in [3.8, 4) is 17.0 Å². The molecule has 0 aliphatic carbocycles. The Morgan fingerprint density at radius 3 is 2.80 bits per heavy atom. The number of carbonyl (C=O) groups excluding carboxylic acids is 1. The number of carbonyl (C=O) groups is 1. The van der Waals surface area contributed by atoms with E-state index in [0.717, 1.165) is 10.2 Å². The van der Waals surface area contributed by atoms with Gasteiger partial charge in [0.2, 0.25) is 11.1 Å². The summed E-state index contributed by atoms with van der Waals surface area (Å²) >= 11 is 4.95. The van der Waals surface area contributed by atoms with Crippen LogP contribution >= 0.6 is 27.7 Å². The van der Waals surface area contributed by atoms with Gasteiger partial charge in [0.15, 0.2) is 0 Å². The maximum Gasteiger partial charge on any atom is 0.325 e. The van der Waals surface area contributed by atoms with Crippen LogP contribution in [0.2, 0.25) is 0 Å². The number of hydrogen-bond acceptors (Lipinski definition) is 5. The van der Waals surface area contributed by atoms with E-state index in [9.17, 15) is 9.59 Å². The Hall–Kier alpha value is -2.65. The second-order valence-electron chi connectivity index (χ2n) is 6.65. The van der Waals surface area contributed by atoms with Gasteiger partial charge < -0.3 is 4.74 Å². The van der Waals surface area contributed by atoms with E-state index in [1.807, 2.05) is 49.4 Å². The molecule has 1 N–H and O–H groups in total. The van der Waals surface area contributed by atoms with Crippen LogP contribution in [0.5, 0.6) is 5.75 Å². The molecule has 1 aliphatic rings. The number of aromatic amines is 1. The summed E-state index contributed by atoms with van der Waals surface area (Å²) in [5, 5.41) is 5.21. The van der Waals surface area contributed by atoms with Crippen LogP contribution in [0, 0.1) is 0 Å². The van der Waals surface area contributed by atoms with Gasteiger partial charge in [-0.25, -0.2) is 4.90 Å². The van der Waals surface area contributed by atoms with Gasteiger partial charge in [0, 0.05) is 16.5 Å². The molecule has 2 aromatic carbocycles. The van der Waals surface area contributed by atoms with Gasteiger partial charge in [0.25, 0.3) is 6.17 Å². The van der Waals surface area contributed by atoms with Crippen molar-refractivity contribution in [3.63, 3.8) is 0 Å². The first-order valence-corrected chi connectivity index (χ1v) is 11.2. The van der Waals surface area contributed by atoms with Gasteiger partial charge in [-0.05, 0) is 40.8 Å². The van der Waals surface area contributed by atoms with Gasteiger partial charge in [-0.3, -0.25) is 14.6 Å². The first kappa shape index (κ1) is 20.6. The summed E-state index contributed by atoms with van der Waals surface area (Å²) in [4.78, 5) is 30.5. The van der Waals surface area contributed by atoms with Crippen molar-refractivity contribution in [1.82, 2.24) is 10.1 Å². The zero-order chi connectivity index (χ0) is 21.4. The molecule has 0 saturated heterocycles. The lowest BCUT2D eigenvalue weighted by atomic mass is 10.0. The predicted molar refractivity (Wildman–Crippen MR) is 119 cm³/mol. The largest absolute Gasteiger partial charge is 0.496 e. The summed E-state index contributed by atoms with van der Waals surface area (Å²) in [7, 11) is 1.58. The fraction of sp³-hybridized carbons (Fsp3) is 0.238. The van der Waals surface area contributed by atoms with E-state index in [0.29, 0.717) is 33.4 Å². The number of amides is 1. The number of aromatic nitrogens is 3. The molecule has 0 saturated carbocycles. The van der Waals surface area contributed by atoms with E-state index in [1.165, 1.54) is 18.7 Å². The number of fused-ring (bicyclic) bond motifs is 3. The summed E-state index contributed by atoms with van der Waals surface area (Å²) < 4.78 is 8.06. The van der Waals surface area contributed by atoms with E-state index in [1.54, 1.807) is 16.7 Å². The second kappa shape index (κ2) is 8.23. The monoisotopic (exact) mass is 487 g/mol. The smallest absolute Gasteiger partial charge is 0.325 e. The normalized spacial score (nSPS) is 14.8. The number of ether oxygens (including phenoxy) is 1. The lowest BCUT2D eigenvalue weighted by molar-refractivity contribution is -0.763. The number of halogens is 1.